The van der Waals surface area contributed by atoms with Gasteiger partial charge >= 0.3 is 5.97 Å². The van der Waals surface area contributed by atoms with E-state index < -0.39 is 0 Å². The first kappa shape index (κ1) is 16.5. The van der Waals surface area contributed by atoms with Gasteiger partial charge in [0.1, 0.15) is 0 Å². The number of halogens is 3. The molecule has 0 saturated carbocycles. The van der Waals surface area contributed by atoms with Crippen molar-refractivity contribution in [1.29, 1.82) is 0 Å². The minimum Gasteiger partial charge on any atom is -0.465 e. The summed E-state index contributed by atoms with van der Waals surface area (Å²) in [5.74, 6) is -0.381. The molecule has 0 aliphatic carbocycles. The Balaban J connectivity index is 2.28. The molecule has 0 bridgehead atoms. The molecule has 0 amide bonds. The van der Waals surface area contributed by atoms with Gasteiger partial charge in [0, 0.05) is 20.0 Å². The van der Waals surface area contributed by atoms with Gasteiger partial charge in [-0.25, -0.2) is 4.79 Å². The molecule has 0 spiro atoms. The van der Waals surface area contributed by atoms with Gasteiger partial charge in [-0.05, 0) is 45.8 Å². The van der Waals surface area contributed by atoms with Gasteiger partial charge in [-0.15, -0.1) is 0 Å². The number of anilines is 1. The molecule has 6 heteroatoms. The first-order valence-corrected chi connectivity index (χ1v) is 8.45. The Kier molecular flexibility index (Phi) is 5.84. The van der Waals surface area contributed by atoms with E-state index in [0.717, 1.165) is 19.0 Å². The van der Waals surface area contributed by atoms with Crippen molar-refractivity contribution in [2.24, 2.45) is 0 Å². The lowest BCUT2D eigenvalue weighted by Gasteiger charge is -2.14. The summed E-state index contributed by atoms with van der Waals surface area (Å²) in [5, 5.41) is 3.28. The van der Waals surface area contributed by atoms with Crippen molar-refractivity contribution in [2.45, 2.75) is 6.54 Å². The van der Waals surface area contributed by atoms with Crippen molar-refractivity contribution >= 4 is 59.4 Å². The summed E-state index contributed by atoms with van der Waals surface area (Å²) < 4.78 is 7.45. The number of carbonyl (C=O) groups excluding carboxylic acids is 1. The Morgan fingerprint density at radius 3 is 2.57 bits per heavy atom. The number of ether oxygens (including phenoxy) is 1. The highest BCUT2D eigenvalue weighted by molar-refractivity contribution is 9.11. The van der Waals surface area contributed by atoms with E-state index in [-0.39, 0.29) is 5.97 Å². The number of esters is 1. The third-order valence-electron chi connectivity index (χ3n) is 2.82. The zero-order valence-electron chi connectivity index (χ0n) is 11.1. The Hall–Kier alpha value is -0.850. The van der Waals surface area contributed by atoms with Gasteiger partial charge < -0.3 is 10.1 Å². The van der Waals surface area contributed by atoms with Gasteiger partial charge in [0.15, 0.2) is 0 Å². The first-order chi connectivity index (χ1) is 10.0. The maximum absolute atomic E-state index is 11.9. The molecule has 0 aliphatic heterocycles. The fourth-order valence-electron chi connectivity index (χ4n) is 1.86. The average molecular weight is 478 g/mol. The second-order valence-corrected chi connectivity index (χ2v) is 6.97. The normalized spacial score (nSPS) is 10.3. The number of rotatable bonds is 4. The molecule has 0 aromatic heterocycles. The van der Waals surface area contributed by atoms with E-state index in [1.54, 1.807) is 6.07 Å². The van der Waals surface area contributed by atoms with E-state index >= 15 is 0 Å². The van der Waals surface area contributed by atoms with Gasteiger partial charge in [0.25, 0.3) is 0 Å². The lowest BCUT2D eigenvalue weighted by atomic mass is 10.1. The van der Waals surface area contributed by atoms with Crippen molar-refractivity contribution in [2.75, 3.05) is 12.4 Å². The highest BCUT2D eigenvalue weighted by atomic mass is 79.9. The molecule has 1 N–H and O–H groups in total. The molecule has 0 aliphatic rings. The Morgan fingerprint density at radius 1 is 1.14 bits per heavy atom. The number of nitrogens with one attached hydrogen (secondary N) is 1. The SMILES string of the molecule is COC(=O)c1cc(Br)cc(Br)c1NCc1cccc(Br)c1. The van der Waals surface area contributed by atoms with Crippen molar-refractivity contribution in [3.05, 3.63) is 60.9 Å². The van der Waals surface area contributed by atoms with Gasteiger partial charge in [-0.1, -0.05) is 44.0 Å². The lowest BCUT2D eigenvalue weighted by molar-refractivity contribution is 0.0601. The molecule has 0 saturated heterocycles. The van der Waals surface area contributed by atoms with Gasteiger partial charge in [-0.3, -0.25) is 0 Å². The summed E-state index contributed by atoms with van der Waals surface area (Å²) in [6, 6.07) is 11.6. The minimum atomic E-state index is -0.381. The summed E-state index contributed by atoms with van der Waals surface area (Å²) in [7, 11) is 1.37. The van der Waals surface area contributed by atoms with Crippen LogP contribution in [0.15, 0.2) is 49.8 Å². The minimum absolute atomic E-state index is 0.381. The molecular weight excluding hydrogens is 466 g/mol. The van der Waals surface area contributed by atoms with Crippen LogP contribution in [0.1, 0.15) is 15.9 Å². The molecule has 0 fully saturated rings. The average Bonchev–Trinajstić information content (AvgIpc) is 2.45. The number of carbonyl (C=O) groups is 1. The molecule has 2 aromatic carbocycles. The van der Waals surface area contributed by atoms with E-state index in [1.807, 2.05) is 30.3 Å². The summed E-state index contributed by atoms with van der Waals surface area (Å²) in [5.41, 5.74) is 2.30. The standard InChI is InChI=1S/C15H12Br3NO2/c1-21-15(20)12-6-11(17)7-13(18)14(12)19-8-9-3-2-4-10(16)5-9/h2-7,19H,8H2,1H3. The predicted octanol–water partition coefficient (Wildman–Crippen LogP) is 5.37. The van der Waals surface area contributed by atoms with E-state index in [2.05, 4.69) is 53.1 Å². The van der Waals surface area contributed by atoms with Crippen LogP contribution in [0.4, 0.5) is 5.69 Å². The van der Waals surface area contributed by atoms with Gasteiger partial charge in [0.2, 0.25) is 0 Å². The van der Waals surface area contributed by atoms with Crippen LogP contribution < -0.4 is 5.32 Å². The molecule has 110 valence electrons. The Bertz CT molecular complexity index is 674. The number of hydrogen-bond donors (Lipinski definition) is 1. The molecule has 0 heterocycles. The highest BCUT2D eigenvalue weighted by Gasteiger charge is 2.16. The number of hydrogen-bond acceptors (Lipinski definition) is 3. The van der Waals surface area contributed by atoms with Crippen LogP contribution in [0.5, 0.6) is 0 Å². The van der Waals surface area contributed by atoms with Gasteiger partial charge in [0.05, 0.1) is 18.4 Å². The molecule has 3 nitrogen and oxygen atoms in total. The Morgan fingerprint density at radius 2 is 1.90 bits per heavy atom. The first-order valence-electron chi connectivity index (χ1n) is 6.07. The molecule has 2 aromatic rings. The van der Waals surface area contributed by atoms with Crippen LogP contribution in [0, 0.1) is 0 Å². The van der Waals surface area contributed by atoms with E-state index in [4.69, 9.17) is 4.74 Å². The third kappa shape index (κ3) is 4.31. The largest absolute Gasteiger partial charge is 0.465 e. The molecule has 21 heavy (non-hydrogen) atoms. The van der Waals surface area contributed by atoms with E-state index in [0.29, 0.717) is 17.8 Å². The van der Waals surface area contributed by atoms with E-state index in [9.17, 15) is 4.79 Å². The zero-order chi connectivity index (χ0) is 15.4. The molecule has 0 radical (unpaired) electrons. The fourth-order valence-corrected chi connectivity index (χ4v) is 3.67. The van der Waals surface area contributed by atoms with E-state index in [1.165, 1.54) is 7.11 Å². The monoisotopic (exact) mass is 475 g/mol. The van der Waals surface area contributed by atoms with Crippen LogP contribution >= 0.6 is 47.8 Å². The molecule has 0 unspecified atom stereocenters. The smallest absolute Gasteiger partial charge is 0.340 e. The van der Waals surface area contributed by atoms with Gasteiger partial charge in [-0.2, -0.15) is 0 Å². The third-order valence-corrected chi connectivity index (χ3v) is 4.40. The maximum atomic E-state index is 11.9. The number of benzene rings is 2. The fraction of sp³-hybridized carbons (Fsp3) is 0.133. The summed E-state index contributed by atoms with van der Waals surface area (Å²) >= 11 is 10.3. The summed E-state index contributed by atoms with van der Waals surface area (Å²) in [6.07, 6.45) is 0. The Labute approximate surface area is 148 Å². The van der Waals surface area contributed by atoms with Crippen LogP contribution in [0.2, 0.25) is 0 Å². The van der Waals surface area contributed by atoms with Crippen molar-refractivity contribution in [3.8, 4) is 0 Å². The zero-order valence-corrected chi connectivity index (χ0v) is 15.9. The summed E-state index contributed by atoms with van der Waals surface area (Å²) in [6.45, 7) is 0.601. The second-order valence-electron chi connectivity index (χ2n) is 4.29. The predicted molar refractivity (Wildman–Crippen MR) is 94.7 cm³/mol. The number of methoxy groups -OCH3 is 1. The topological polar surface area (TPSA) is 38.3 Å². The van der Waals surface area contributed by atoms with Crippen molar-refractivity contribution in [3.63, 3.8) is 0 Å². The molecule has 0 atom stereocenters. The van der Waals surface area contributed by atoms with Crippen LogP contribution in [-0.4, -0.2) is 13.1 Å². The van der Waals surface area contributed by atoms with Crippen molar-refractivity contribution < 1.29 is 9.53 Å². The summed E-state index contributed by atoms with van der Waals surface area (Å²) in [4.78, 5) is 11.9. The van der Waals surface area contributed by atoms with Crippen LogP contribution in [0.3, 0.4) is 0 Å². The van der Waals surface area contributed by atoms with Crippen molar-refractivity contribution in [1.82, 2.24) is 0 Å². The maximum Gasteiger partial charge on any atom is 0.340 e. The quantitative estimate of drug-likeness (QED) is 0.601. The van der Waals surface area contributed by atoms with Crippen LogP contribution in [-0.2, 0) is 11.3 Å². The van der Waals surface area contributed by atoms with Crippen LogP contribution in [0.25, 0.3) is 0 Å². The second kappa shape index (κ2) is 7.42. The highest BCUT2D eigenvalue weighted by Crippen LogP contribution is 2.31. The lowest BCUT2D eigenvalue weighted by Crippen LogP contribution is -2.09. The molecule has 2 rings (SSSR count). The molecular formula is C15H12Br3NO2.